The number of morpholine rings is 1. The average Bonchev–Trinajstić information content (AvgIpc) is 2.75. The normalized spacial score (nSPS) is 14.9. The molecule has 8 heteroatoms. The van der Waals surface area contributed by atoms with Crippen LogP contribution >= 0.6 is 0 Å². The summed E-state index contributed by atoms with van der Waals surface area (Å²) < 4.78 is 32.6. The molecule has 0 saturated carbocycles. The standard InChI is InChI=1S/C21H23N3O4S/c1-17-8-9-19(29(26,27)23-12-14-28-15-13-23)16-20(17)21(25)24(11-5-10-22)18-6-3-2-4-7-18/h2-4,6-9,16H,5,11-15H2,1H3. The largest absolute Gasteiger partial charge is 0.379 e. The lowest BCUT2D eigenvalue weighted by Gasteiger charge is -2.27. The molecule has 1 aliphatic rings. The fourth-order valence-electron chi connectivity index (χ4n) is 3.19. The maximum Gasteiger partial charge on any atom is 0.258 e. The summed E-state index contributed by atoms with van der Waals surface area (Å²) in [5.74, 6) is -0.331. The van der Waals surface area contributed by atoms with Gasteiger partial charge in [-0.15, -0.1) is 0 Å². The Labute approximate surface area is 171 Å². The number of ether oxygens (including phenoxy) is 1. The third kappa shape index (κ3) is 4.65. The third-order valence-corrected chi connectivity index (χ3v) is 6.70. The number of carbonyl (C=O) groups is 1. The number of nitriles is 1. The number of amides is 1. The quantitative estimate of drug-likeness (QED) is 0.726. The minimum Gasteiger partial charge on any atom is -0.379 e. The highest BCUT2D eigenvalue weighted by molar-refractivity contribution is 7.89. The second-order valence-corrected chi connectivity index (χ2v) is 8.63. The Hall–Kier alpha value is -2.73. The van der Waals surface area contributed by atoms with Gasteiger partial charge >= 0.3 is 0 Å². The number of hydrogen-bond acceptors (Lipinski definition) is 5. The number of carbonyl (C=O) groups excluding carboxylic acids is 1. The molecule has 0 unspecified atom stereocenters. The Morgan fingerprint density at radius 2 is 1.86 bits per heavy atom. The van der Waals surface area contributed by atoms with Crippen LogP contribution < -0.4 is 4.90 Å². The van der Waals surface area contributed by atoms with Gasteiger partial charge in [-0.1, -0.05) is 24.3 Å². The molecular weight excluding hydrogens is 390 g/mol. The maximum atomic E-state index is 13.3. The summed E-state index contributed by atoms with van der Waals surface area (Å²) in [5.41, 5.74) is 1.64. The van der Waals surface area contributed by atoms with E-state index in [-0.39, 0.29) is 36.9 Å². The molecule has 1 fully saturated rings. The van der Waals surface area contributed by atoms with Crippen LogP contribution in [-0.2, 0) is 14.8 Å². The number of hydrogen-bond donors (Lipinski definition) is 0. The minimum atomic E-state index is -3.71. The number of sulfonamides is 1. The molecule has 0 aromatic heterocycles. The smallest absolute Gasteiger partial charge is 0.258 e. The molecule has 152 valence electrons. The van der Waals surface area contributed by atoms with Crippen molar-refractivity contribution in [1.82, 2.24) is 4.31 Å². The van der Waals surface area contributed by atoms with Crippen LogP contribution in [0.25, 0.3) is 0 Å². The molecule has 2 aromatic rings. The van der Waals surface area contributed by atoms with Crippen molar-refractivity contribution in [3.63, 3.8) is 0 Å². The number of nitrogens with zero attached hydrogens (tertiary/aromatic N) is 3. The van der Waals surface area contributed by atoms with Crippen LogP contribution in [0.2, 0.25) is 0 Å². The molecule has 2 aromatic carbocycles. The number of para-hydroxylation sites is 1. The van der Waals surface area contributed by atoms with E-state index in [1.807, 2.05) is 18.2 Å². The molecule has 29 heavy (non-hydrogen) atoms. The zero-order chi connectivity index (χ0) is 20.9. The van der Waals surface area contributed by atoms with Crippen LogP contribution in [0, 0.1) is 18.3 Å². The molecule has 1 heterocycles. The van der Waals surface area contributed by atoms with Crippen LogP contribution in [0.4, 0.5) is 5.69 Å². The highest BCUT2D eigenvalue weighted by Crippen LogP contribution is 2.24. The van der Waals surface area contributed by atoms with Crippen molar-refractivity contribution in [1.29, 1.82) is 5.26 Å². The Bertz CT molecular complexity index is 1010. The van der Waals surface area contributed by atoms with E-state index in [1.54, 1.807) is 25.1 Å². The number of rotatable bonds is 6. The fourth-order valence-corrected chi connectivity index (χ4v) is 4.63. The van der Waals surface area contributed by atoms with Gasteiger partial charge in [-0.05, 0) is 36.8 Å². The van der Waals surface area contributed by atoms with E-state index in [0.29, 0.717) is 30.0 Å². The highest BCUT2D eigenvalue weighted by Gasteiger charge is 2.28. The first-order chi connectivity index (χ1) is 13.9. The van der Waals surface area contributed by atoms with E-state index in [9.17, 15) is 13.2 Å². The molecule has 0 radical (unpaired) electrons. The summed E-state index contributed by atoms with van der Waals surface area (Å²) in [5, 5.41) is 8.98. The van der Waals surface area contributed by atoms with E-state index in [1.165, 1.54) is 21.3 Å². The summed E-state index contributed by atoms with van der Waals surface area (Å²) in [6.45, 7) is 3.28. The van der Waals surface area contributed by atoms with Gasteiger partial charge < -0.3 is 9.64 Å². The van der Waals surface area contributed by atoms with E-state index in [2.05, 4.69) is 6.07 Å². The van der Waals surface area contributed by atoms with Crippen molar-refractivity contribution in [2.45, 2.75) is 18.2 Å². The van der Waals surface area contributed by atoms with Crippen molar-refractivity contribution < 1.29 is 17.9 Å². The van der Waals surface area contributed by atoms with Gasteiger partial charge in [0.25, 0.3) is 5.91 Å². The topological polar surface area (TPSA) is 90.7 Å². The lowest BCUT2D eigenvalue weighted by molar-refractivity contribution is 0.0730. The van der Waals surface area contributed by atoms with Gasteiger partial charge in [0.1, 0.15) is 0 Å². The molecular formula is C21H23N3O4S. The average molecular weight is 413 g/mol. The second-order valence-electron chi connectivity index (χ2n) is 6.69. The van der Waals surface area contributed by atoms with Crippen molar-refractivity contribution in [3.05, 3.63) is 59.7 Å². The monoisotopic (exact) mass is 413 g/mol. The SMILES string of the molecule is Cc1ccc(S(=O)(=O)N2CCOCC2)cc1C(=O)N(CCC#N)c1ccccc1. The fraction of sp³-hybridized carbons (Fsp3) is 0.333. The summed E-state index contributed by atoms with van der Waals surface area (Å²) >= 11 is 0. The summed E-state index contributed by atoms with van der Waals surface area (Å²) in [6.07, 6.45) is 0.172. The zero-order valence-electron chi connectivity index (χ0n) is 16.2. The Kier molecular flexibility index (Phi) is 6.64. The molecule has 0 N–H and O–H groups in total. The van der Waals surface area contributed by atoms with E-state index in [0.717, 1.165) is 0 Å². The first kappa shape index (κ1) is 21.0. The van der Waals surface area contributed by atoms with E-state index >= 15 is 0 Å². The first-order valence-electron chi connectivity index (χ1n) is 9.37. The van der Waals surface area contributed by atoms with E-state index < -0.39 is 10.0 Å². The predicted octanol–water partition coefficient (Wildman–Crippen LogP) is 2.58. The van der Waals surface area contributed by atoms with Gasteiger partial charge in [0.05, 0.1) is 30.6 Å². The Morgan fingerprint density at radius 3 is 2.52 bits per heavy atom. The zero-order valence-corrected chi connectivity index (χ0v) is 17.1. The predicted molar refractivity (Wildman–Crippen MR) is 109 cm³/mol. The van der Waals surface area contributed by atoms with E-state index in [4.69, 9.17) is 10.00 Å². The van der Waals surface area contributed by atoms with Crippen LogP contribution in [0.15, 0.2) is 53.4 Å². The molecule has 1 amide bonds. The van der Waals surface area contributed by atoms with Crippen LogP contribution in [0.1, 0.15) is 22.3 Å². The van der Waals surface area contributed by atoms with Crippen LogP contribution in [0.3, 0.4) is 0 Å². The number of benzene rings is 2. The molecule has 1 aliphatic heterocycles. The molecule has 0 atom stereocenters. The molecule has 1 saturated heterocycles. The summed E-state index contributed by atoms with van der Waals surface area (Å²) in [4.78, 5) is 14.9. The van der Waals surface area contributed by atoms with Gasteiger partial charge in [0, 0.05) is 30.9 Å². The molecule has 7 nitrogen and oxygen atoms in total. The molecule has 0 spiro atoms. The van der Waals surface area contributed by atoms with Gasteiger partial charge in [0.2, 0.25) is 10.0 Å². The highest BCUT2D eigenvalue weighted by atomic mass is 32.2. The minimum absolute atomic E-state index is 0.0849. The Balaban J connectivity index is 1.97. The Morgan fingerprint density at radius 1 is 1.17 bits per heavy atom. The summed E-state index contributed by atoms with van der Waals surface area (Å²) in [7, 11) is -3.71. The van der Waals surface area contributed by atoms with Gasteiger partial charge in [0.15, 0.2) is 0 Å². The molecule has 0 bridgehead atoms. The number of anilines is 1. The van der Waals surface area contributed by atoms with Crippen LogP contribution in [0.5, 0.6) is 0 Å². The van der Waals surface area contributed by atoms with Crippen molar-refractivity contribution in [2.75, 3.05) is 37.7 Å². The van der Waals surface area contributed by atoms with Gasteiger partial charge in [-0.3, -0.25) is 4.79 Å². The second kappa shape index (κ2) is 9.18. The van der Waals surface area contributed by atoms with Crippen molar-refractivity contribution >= 4 is 21.6 Å². The maximum absolute atomic E-state index is 13.3. The lowest BCUT2D eigenvalue weighted by Crippen LogP contribution is -2.40. The molecule has 3 rings (SSSR count). The lowest BCUT2D eigenvalue weighted by atomic mass is 10.1. The summed E-state index contributed by atoms with van der Waals surface area (Å²) in [6, 6.07) is 15.7. The van der Waals surface area contributed by atoms with Gasteiger partial charge in [-0.25, -0.2) is 8.42 Å². The van der Waals surface area contributed by atoms with Crippen LogP contribution in [-0.4, -0.2) is 51.5 Å². The number of aryl methyl sites for hydroxylation is 1. The molecule has 0 aliphatic carbocycles. The van der Waals surface area contributed by atoms with Crippen molar-refractivity contribution in [2.24, 2.45) is 0 Å². The first-order valence-corrected chi connectivity index (χ1v) is 10.8. The van der Waals surface area contributed by atoms with Gasteiger partial charge in [-0.2, -0.15) is 9.57 Å². The van der Waals surface area contributed by atoms with Crippen molar-refractivity contribution in [3.8, 4) is 6.07 Å². The third-order valence-electron chi connectivity index (χ3n) is 4.81.